The number of piperidine rings is 1. The molecule has 5 heteroatoms. The molecule has 0 aromatic carbocycles. The lowest BCUT2D eigenvalue weighted by atomic mass is 10.0. The van der Waals surface area contributed by atoms with E-state index in [1.54, 1.807) is 0 Å². The first-order chi connectivity index (χ1) is 6.93. The van der Waals surface area contributed by atoms with Crippen molar-refractivity contribution in [1.82, 2.24) is 10.2 Å². The third kappa shape index (κ3) is 3.44. The van der Waals surface area contributed by atoms with Gasteiger partial charge in [-0.3, -0.25) is 4.90 Å². The van der Waals surface area contributed by atoms with E-state index < -0.39 is 11.6 Å². The lowest BCUT2D eigenvalue weighted by Gasteiger charge is -2.34. The number of aliphatic hydroxyl groups is 1. The van der Waals surface area contributed by atoms with Crippen molar-refractivity contribution < 1.29 is 15.0 Å². The summed E-state index contributed by atoms with van der Waals surface area (Å²) in [4.78, 5) is 12.7. The molecule has 3 N–H and O–H groups in total. The van der Waals surface area contributed by atoms with Gasteiger partial charge in [0.2, 0.25) is 0 Å². The summed E-state index contributed by atoms with van der Waals surface area (Å²) in [6, 6.07) is 0.372. The zero-order valence-electron chi connectivity index (χ0n) is 9.36. The summed E-state index contributed by atoms with van der Waals surface area (Å²) in [6.07, 6.45) is 2.01. The molecule has 1 atom stereocenters. The third-order valence-electron chi connectivity index (χ3n) is 2.95. The zero-order valence-corrected chi connectivity index (χ0v) is 9.36. The van der Waals surface area contributed by atoms with Crippen molar-refractivity contribution in [3.63, 3.8) is 0 Å². The van der Waals surface area contributed by atoms with Crippen LogP contribution in [0.5, 0.6) is 0 Å². The molecule has 0 radical (unpaired) electrons. The van der Waals surface area contributed by atoms with Crippen LogP contribution in [0.25, 0.3) is 0 Å². The quantitative estimate of drug-likeness (QED) is 0.591. The van der Waals surface area contributed by atoms with Crippen molar-refractivity contribution in [1.29, 1.82) is 0 Å². The van der Waals surface area contributed by atoms with Gasteiger partial charge in [-0.1, -0.05) is 0 Å². The number of nitrogens with one attached hydrogen (secondary N) is 1. The normalized spacial score (nSPS) is 22.7. The maximum absolute atomic E-state index is 10.8. The molecule has 88 valence electrons. The molecule has 0 spiro atoms. The van der Waals surface area contributed by atoms with E-state index in [2.05, 4.69) is 5.32 Å². The van der Waals surface area contributed by atoms with Gasteiger partial charge >= 0.3 is 5.97 Å². The molecule has 1 heterocycles. The van der Waals surface area contributed by atoms with Crippen molar-refractivity contribution in [2.24, 2.45) is 0 Å². The van der Waals surface area contributed by atoms with Crippen LogP contribution in [0.2, 0.25) is 0 Å². The van der Waals surface area contributed by atoms with Gasteiger partial charge in [0.05, 0.1) is 0 Å². The van der Waals surface area contributed by atoms with E-state index in [9.17, 15) is 9.90 Å². The van der Waals surface area contributed by atoms with Crippen LogP contribution >= 0.6 is 0 Å². The molecule has 5 nitrogen and oxygen atoms in total. The number of nitrogens with zero attached hydrogens (tertiary/aromatic N) is 1. The highest BCUT2D eigenvalue weighted by Gasteiger charge is 2.33. The number of carbonyl (C=O) groups is 1. The predicted molar refractivity (Wildman–Crippen MR) is 56.8 cm³/mol. The average molecular weight is 216 g/mol. The fraction of sp³-hybridized carbons (Fsp3) is 0.900. The number of hydrogen-bond donors (Lipinski definition) is 3. The molecule has 1 fully saturated rings. The molecule has 0 aromatic rings. The number of likely N-dealkylation sites (N-methyl/N-ethyl adjacent to an activating group) is 1. The second-order valence-electron chi connectivity index (χ2n) is 4.48. The molecular weight excluding hydrogens is 196 g/mol. The molecule has 0 aliphatic carbocycles. The largest absolute Gasteiger partial charge is 0.479 e. The Morgan fingerprint density at radius 1 is 1.53 bits per heavy atom. The summed E-state index contributed by atoms with van der Waals surface area (Å²) in [7, 11) is 1.87. The lowest BCUT2D eigenvalue weighted by Crippen LogP contribution is -2.50. The van der Waals surface area contributed by atoms with E-state index in [0.717, 1.165) is 25.9 Å². The minimum atomic E-state index is -1.65. The highest BCUT2D eigenvalue weighted by atomic mass is 16.4. The second-order valence-corrected chi connectivity index (χ2v) is 4.48. The van der Waals surface area contributed by atoms with Crippen LogP contribution in [-0.4, -0.2) is 59.4 Å². The van der Waals surface area contributed by atoms with Crippen LogP contribution in [0.15, 0.2) is 0 Å². The molecule has 0 amide bonds. The Kier molecular flexibility index (Phi) is 4.07. The van der Waals surface area contributed by atoms with Gasteiger partial charge in [-0.2, -0.15) is 0 Å². The van der Waals surface area contributed by atoms with Gasteiger partial charge < -0.3 is 15.5 Å². The minimum Gasteiger partial charge on any atom is -0.479 e. The Hall–Kier alpha value is -0.650. The highest BCUT2D eigenvalue weighted by Crippen LogP contribution is 2.14. The van der Waals surface area contributed by atoms with Crippen LogP contribution in [-0.2, 0) is 4.79 Å². The van der Waals surface area contributed by atoms with E-state index in [4.69, 9.17) is 5.11 Å². The van der Waals surface area contributed by atoms with Crippen molar-refractivity contribution in [3.8, 4) is 0 Å². The van der Waals surface area contributed by atoms with Crippen molar-refractivity contribution in [2.75, 3.05) is 26.7 Å². The Morgan fingerprint density at radius 2 is 2.07 bits per heavy atom. The van der Waals surface area contributed by atoms with E-state index in [1.807, 2.05) is 11.9 Å². The highest BCUT2D eigenvalue weighted by molar-refractivity contribution is 5.76. The average Bonchev–Trinajstić information content (AvgIpc) is 2.18. The van der Waals surface area contributed by atoms with E-state index in [-0.39, 0.29) is 6.54 Å². The smallest absolute Gasteiger partial charge is 0.336 e. The molecule has 0 saturated carbocycles. The van der Waals surface area contributed by atoms with E-state index in [0.29, 0.717) is 6.04 Å². The van der Waals surface area contributed by atoms with Crippen molar-refractivity contribution >= 4 is 5.97 Å². The Morgan fingerprint density at radius 3 is 2.53 bits per heavy atom. The predicted octanol–water partition coefficient (Wildman–Crippen LogP) is -0.494. The molecular formula is C10H20N2O3. The fourth-order valence-corrected chi connectivity index (χ4v) is 1.93. The molecule has 0 bridgehead atoms. The number of rotatable bonds is 4. The summed E-state index contributed by atoms with van der Waals surface area (Å²) in [6.45, 7) is 3.44. The number of carboxylic acid groups (broad SMARTS) is 1. The van der Waals surface area contributed by atoms with Gasteiger partial charge in [0, 0.05) is 12.6 Å². The van der Waals surface area contributed by atoms with Crippen LogP contribution < -0.4 is 5.32 Å². The van der Waals surface area contributed by atoms with E-state index >= 15 is 0 Å². The number of aliphatic carboxylic acids is 1. The summed E-state index contributed by atoms with van der Waals surface area (Å²) < 4.78 is 0. The van der Waals surface area contributed by atoms with Crippen LogP contribution in [0, 0.1) is 0 Å². The molecule has 1 rings (SSSR count). The third-order valence-corrected chi connectivity index (χ3v) is 2.95. The number of carboxylic acids is 1. The Balaban J connectivity index is 2.46. The van der Waals surface area contributed by atoms with Gasteiger partial charge in [0.25, 0.3) is 0 Å². The molecule has 1 saturated heterocycles. The molecule has 15 heavy (non-hydrogen) atoms. The van der Waals surface area contributed by atoms with Crippen molar-refractivity contribution in [3.05, 3.63) is 0 Å². The van der Waals surface area contributed by atoms with Gasteiger partial charge in [0.15, 0.2) is 5.60 Å². The SMILES string of the molecule is CN(CC(C)(O)C(=O)O)C1CCNCC1. The number of hydrogen-bond acceptors (Lipinski definition) is 4. The molecule has 1 aliphatic rings. The van der Waals surface area contributed by atoms with E-state index in [1.165, 1.54) is 6.92 Å². The summed E-state index contributed by atoms with van der Waals surface area (Å²) in [5, 5.41) is 21.7. The fourth-order valence-electron chi connectivity index (χ4n) is 1.93. The lowest BCUT2D eigenvalue weighted by molar-refractivity contribution is -0.158. The first kappa shape index (κ1) is 12.4. The van der Waals surface area contributed by atoms with Gasteiger partial charge in [-0.05, 0) is 39.9 Å². The first-order valence-corrected chi connectivity index (χ1v) is 5.30. The van der Waals surface area contributed by atoms with Gasteiger partial charge in [-0.15, -0.1) is 0 Å². The van der Waals surface area contributed by atoms with Crippen LogP contribution in [0.1, 0.15) is 19.8 Å². The zero-order chi connectivity index (χ0) is 11.5. The minimum absolute atomic E-state index is 0.174. The summed E-state index contributed by atoms with van der Waals surface area (Å²) in [5.41, 5.74) is -1.65. The monoisotopic (exact) mass is 216 g/mol. The van der Waals surface area contributed by atoms with Crippen LogP contribution in [0.4, 0.5) is 0 Å². The van der Waals surface area contributed by atoms with Crippen molar-refractivity contribution in [2.45, 2.75) is 31.4 Å². The van der Waals surface area contributed by atoms with Crippen LogP contribution in [0.3, 0.4) is 0 Å². The molecule has 1 unspecified atom stereocenters. The Labute approximate surface area is 90.1 Å². The topological polar surface area (TPSA) is 72.8 Å². The maximum Gasteiger partial charge on any atom is 0.336 e. The maximum atomic E-state index is 10.8. The Bertz CT molecular complexity index is 225. The van der Waals surface area contributed by atoms with Gasteiger partial charge in [0.1, 0.15) is 0 Å². The summed E-state index contributed by atoms with van der Waals surface area (Å²) >= 11 is 0. The second kappa shape index (κ2) is 4.92. The molecule has 1 aliphatic heterocycles. The summed E-state index contributed by atoms with van der Waals surface area (Å²) in [5.74, 6) is -1.16. The standard InChI is InChI=1S/C10H20N2O3/c1-10(15,9(13)14)7-12(2)8-3-5-11-6-4-8/h8,11,15H,3-7H2,1-2H3,(H,13,14). The molecule has 0 aromatic heterocycles. The van der Waals surface area contributed by atoms with Gasteiger partial charge in [-0.25, -0.2) is 4.79 Å². The first-order valence-electron chi connectivity index (χ1n) is 5.30.